The normalized spacial score (nSPS) is 13.4. The Labute approximate surface area is 159 Å². The number of benzene rings is 1. The zero-order chi connectivity index (χ0) is 20.2. The zero-order valence-corrected chi connectivity index (χ0v) is 15.8. The van der Waals surface area contributed by atoms with Gasteiger partial charge >= 0.3 is 11.1 Å². The summed E-state index contributed by atoms with van der Waals surface area (Å²) in [7, 11) is 0. The average Bonchev–Trinajstić information content (AvgIpc) is 3.02. The summed E-state index contributed by atoms with van der Waals surface area (Å²) < 4.78 is 0. The third-order valence-corrected chi connectivity index (χ3v) is 4.75. The molecule has 0 radical (unpaired) electrons. The van der Waals surface area contributed by atoms with Crippen LogP contribution >= 0.6 is 11.3 Å². The van der Waals surface area contributed by atoms with Crippen LogP contribution in [0.15, 0.2) is 36.5 Å². The van der Waals surface area contributed by atoms with E-state index in [0.717, 1.165) is 11.8 Å². The summed E-state index contributed by atoms with van der Waals surface area (Å²) in [4.78, 5) is 38.1. The maximum Gasteiger partial charge on any atom is 0.405 e. The minimum Gasteiger partial charge on any atom is -0.465 e. The van der Waals surface area contributed by atoms with Crippen LogP contribution in [0, 0.1) is 15.5 Å². The minimum absolute atomic E-state index is 0.0320. The second kappa shape index (κ2) is 8.12. The predicted octanol–water partition coefficient (Wildman–Crippen LogP) is 3.46. The smallest absolute Gasteiger partial charge is 0.405 e. The number of carbonyl (C=O) groups is 2. The molecule has 2 amide bonds. The first-order valence-electron chi connectivity index (χ1n) is 8.05. The van der Waals surface area contributed by atoms with Crippen molar-refractivity contribution in [3.05, 3.63) is 52.2 Å². The first-order chi connectivity index (χ1) is 12.6. The number of carboxylic acid groups (broad SMARTS) is 1. The Balaban J connectivity index is 2.37. The number of rotatable bonds is 6. The summed E-state index contributed by atoms with van der Waals surface area (Å²) in [5.41, 5.74) is 0.338. The van der Waals surface area contributed by atoms with Gasteiger partial charge < -0.3 is 10.4 Å². The van der Waals surface area contributed by atoms with Crippen LogP contribution < -0.4 is 10.6 Å². The number of amides is 2. The van der Waals surface area contributed by atoms with Crippen molar-refractivity contribution in [2.75, 3.05) is 5.32 Å². The molecule has 0 spiro atoms. The molecule has 2 rings (SSSR count). The number of aromatic nitrogens is 1. The Morgan fingerprint density at radius 1 is 1.26 bits per heavy atom. The lowest BCUT2D eigenvalue weighted by Crippen LogP contribution is -2.50. The molecule has 3 N–H and O–H groups in total. The summed E-state index contributed by atoms with van der Waals surface area (Å²) in [6.45, 7) is 5.72. The van der Waals surface area contributed by atoms with Crippen LogP contribution in [0.2, 0.25) is 0 Å². The molecule has 1 aromatic heterocycles. The van der Waals surface area contributed by atoms with Gasteiger partial charge in [0.1, 0.15) is 12.2 Å². The van der Waals surface area contributed by atoms with Gasteiger partial charge in [-0.3, -0.25) is 20.2 Å². The van der Waals surface area contributed by atoms with Gasteiger partial charge in [-0.05, 0) is 22.3 Å². The molecule has 144 valence electrons. The van der Waals surface area contributed by atoms with E-state index in [1.807, 2.05) is 51.1 Å². The second-order valence-corrected chi connectivity index (χ2v) is 7.94. The number of carbonyl (C=O) groups excluding carboxylic acids is 1. The first kappa shape index (κ1) is 20.3. The highest BCUT2D eigenvalue weighted by Gasteiger charge is 2.39. The van der Waals surface area contributed by atoms with Gasteiger partial charge in [-0.25, -0.2) is 9.78 Å². The summed E-state index contributed by atoms with van der Waals surface area (Å²) in [5, 5.41) is 24.6. The van der Waals surface area contributed by atoms with Crippen molar-refractivity contribution < 1.29 is 19.6 Å². The van der Waals surface area contributed by atoms with Crippen molar-refractivity contribution in [1.82, 2.24) is 10.3 Å². The second-order valence-electron chi connectivity index (χ2n) is 6.93. The largest absolute Gasteiger partial charge is 0.465 e. The molecule has 2 aromatic rings. The number of hydrogen-bond acceptors (Lipinski definition) is 6. The highest BCUT2D eigenvalue weighted by Crippen LogP contribution is 2.38. The molecular weight excluding hydrogens is 372 g/mol. The fourth-order valence-electron chi connectivity index (χ4n) is 2.88. The quantitative estimate of drug-likeness (QED) is 0.509. The summed E-state index contributed by atoms with van der Waals surface area (Å²) in [5.74, 6) is -1.12. The van der Waals surface area contributed by atoms with E-state index in [1.165, 1.54) is 0 Å². The zero-order valence-electron chi connectivity index (χ0n) is 15.0. The lowest BCUT2D eigenvalue weighted by Gasteiger charge is -2.36. The molecule has 10 heteroatoms. The minimum atomic E-state index is -1.34. The number of nitrogens with zero attached hydrogens (tertiary/aromatic N) is 2. The third-order valence-electron chi connectivity index (χ3n) is 3.89. The van der Waals surface area contributed by atoms with E-state index in [9.17, 15) is 24.8 Å². The average molecular weight is 392 g/mol. The van der Waals surface area contributed by atoms with E-state index >= 15 is 0 Å². The molecule has 0 aliphatic carbocycles. The molecule has 0 aliphatic heterocycles. The highest BCUT2D eigenvalue weighted by molar-refractivity contribution is 7.18. The van der Waals surface area contributed by atoms with Crippen molar-refractivity contribution in [2.24, 2.45) is 5.41 Å². The number of anilines is 1. The van der Waals surface area contributed by atoms with E-state index in [1.54, 1.807) is 0 Å². The van der Waals surface area contributed by atoms with Gasteiger partial charge in [0.25, 0.3) is 0 Å². The third kappa shape index (κ3) is 5.23. The molecule has 9 nitrogen and oxygen atoms in total. The van der Waals surface area contributed by atoms with Crippen LogP contribution in [-0.2, 0) is 4.79 Å². The molecule has 27 heavy (non-hydrogen) atoms. The molecule has 0 saturated carbocycles. The van der Waals surface area contributed by atoms with Gasteiger partial charge in [0, 0.05) is 5.92 Å². The van der Waals surface area contributed by atoms with E-state index in [0.29, 0.717) is 11.3 Å². The SMILES string of the molecule is CC(C)(C)C(c1ccccc1)C(NC(=O)O)C(=O)Nc1ncc([N+](=O)[O-])s1. The van der Waals surface area contributed by atoms with Crippen LogP contribution in [0.1, 0.15) is 32.3 Å². The molecular formula is C17H20N4O5S. The molecule has 2 atom stereocenters. The van der Waals surface area contributed by atoms with E-state index < -0.39 is 34.3 Å². The van der Waals surface area contributed by atoms with Crippen LogP contribution in [0.5, 0.6) is 0 Å². The van der Waals surface area contributed by atoms with E-state index in [-0.39, 0.29) is 10.1 Å². The van der Waals surface area contributed by atoms with Crippen LogP contribution in [-0.4, -0.2) is 33.1 Å². The molecule has 1 aromatic carbocycles. The van der Waals surface area contributed by atoms with Crippen LogP contribution in [0.25, 0.3) is 0 Å². The van der Waals surface area contributed by atoms with Crippen molar-refractivity contribution in [3.63, 3.8) is 0 Å². The van der Waals surface area contributed by atoms with E-state index in [4.69, 9.17) is 0 Å². The number of thiazole rings is 1. The molecule has 1 heterocycles. The topological polar surface area (TPSA) is 134 Å². The maximum atomic E-state index is 12.8. The Morgan fingerprint density at radius 2 is 1.89 bits per heavy atom. The van der Waals surface area contributed by atoms with Crippen molar-refractivity contribution >= 4 is 33.5 Å². The Morgan fingerprint density at radius 3 is 2.37 bits per heavy atom. The predicted molar refractivity (Wildman–Crippen MR) is 101 cm³/mol. The Hall–Kier alpha value is -3.01. The Bertz CT molecular complexity index is 831. The molecule has 2 unspecified atom stereocenters. The highest BCUT2D eigenvalue weighted by atomic mass is 32.1. The summed E-state index contributed by atoms with van der Waals surface area (Å²) in [6, 6.07) is 7.99. The molecule has 0 bridgehead atoms. The standard InChI is InChI=1S/C17H20N4O5S/c1-17(2,3)12(10-7-5-4-6-8-10)13(19-16(23)24)14(22)20-15-18-9-11(27-15)21(25)26/h4-9,12-13,19H,1-3H3,(H,23,24)(H,18,20,22). The summed E-state index contributed by atoms with van der Waals surface area (Å²) in [6.07, 6.45) is -0.302. The molecule has 0 aliphatic rings. The van der Waals surface area contributed by atoms with Crippen molar-refractivity contribution in [1.29, 1.82) is 0 Å². The van der Waals surface area contributed by atoms with Crippen molar-refractivity contribution in [3.8, 4) is 0 Å². The fraction of sp³-hybridized carbons (Fsp3) is 0.353. The lowest BCUT2D eigenvalue weighted by atomic mass is 9.72. The Kier molecular flexibility index (Phi) is 6.11. The lowest BCUT2D eigenvalue weighted by molar-refractivity contribution is -0.380. The van der Waals surface area contributed by atoms with Gasteiger partial charge in [-0.1, -0.05) is 51.1 Å². The molecule has 0 saturated heterocycles. The van der Waals surface area contributed by atoms with Gasteiger partial charge in [0.05, 0.1) is 4.92 Å². The van der Waals surface area contributed by atoms with Gasteiger partial charge in [0.15, 0.2) is 5.13 Å². The van der Waals surface area contributed by atoms with Gasteiger partial charge in [-0.2, -0.15) is 0 Å². The van der Waals surface area contributed by atoms with Gasteiger partial charge in [-0.15, -0.1) is 0 Å². The van der Waals surface area contributed by atoms with Crippen molar-refractivity contribution in [2.45, 2.75) is 32.7 Å². The maximum absolute atomic E-state index is 12.8. The number of hydrogen-bond donors (Lipinski definition) is 3. The first-order valence-corrected chi connectivity index (χ1v) is 8.86. The van der Waals surface area contributed by atoms with Crippen LogP contribution in [0.4, 0.5) is 14.9 Å². The van der Waals surface area contributed by atoms with Gasteiger partial charge in [0.2, 0.25) is 5.91 Å². The fourth-order valence-corrected chi connectivity index (χ4v) is 3.51. The monoisotopic (exact) mass is 392 g/mol. The number of nitro groups is 1. The van der Waals surface area contributed by atoms with E-state index in [2.05, 4.69) is 15.6 Å². The summed E-state index contributed by atoms with van der Waals surface area (Å²) >= 11 is 0.703. The van der Waals surface area contributed by atoms with Crippen LogP contribution in [0.3, 0.4) is 0 Å². The number of nitrogens with one attached hydrogen (secondary N) is 2. The molecule has 0 fully saturated rings.